The van der Waals surface area contributed by atoms with Gasteiger partial charge in [-0.05, 0) is 68.5 Å². The number of carbonyl (C=O) groups is 3. The van der Waals surface area contributed by atoms with Crippen molar-refractivity contribution >= 4 is 23.5 Å². The Balaban J connectivity index is 1.56. The molecule has 38 heavy (non-hydrogen) atoms. The Kier molecular flexibility index (Phi) is 8.95. The number of anilines is 1. The highest BCUT2D eigenvalue weighted by atomic mass is 16.5. The molecule has 198 valence electrons. The number of ether oxygens (including phenoxy) is 1. The van der Waals surface area contributed by atoms with Crippen molar-refractivity contribution in [2.45, 2.75) is 46.6 Å². The van der Waals surface area contributed by atoms with E-state index in [2.05, 4.69) is 0 Å². The minimum atomic E-state index is -0.268. The molecule has 1 saturated heterocycles. The molecule has 1 heterocycles. The molecule has 6 heteroatoms. The van der Waals surface area contributed by atoms with Gasteiger partial charge in [-0.1, -0.05) is 60.2 Å². The second-order valence-corrected chi connectivity index (χ2v) is 9.97. The number of hydrogen-bond donors (Lipinski definition) is 0. The Morgan fingerprint density at radius 1 is 0.947 bits per heavy atom. The van der Waals surface area contributed by atoms with Crippen LogP contribution in [0.25, 0.3) is 0 Å². The zero-order valence-corrected chi connectivity index (χ0v) is 22.5. The minimum Gasteiger partial charge on any atom is -0.466 e. The van der Waals surface area contributed by atoms with E-state index >= 15 is 0 Å². The normalized spacial score (nSPS) is 15.1. The molecule has 3 aromatic rings. The van der Waals surface area contributed by atoms with Crippen molar-refractivity contribution in [3.8, 4) is 0 Å². The number of hydrogen-bond acceptors (Lipinski definition) is 4. The number of piperidine rings is 1. The fourth-order valence-corrected chi connectivity index (χ4v) is 4.89. The molecule has 0 saturated carbocycles. The average Bonchev–Trinajstić information content (AvgIpc) is 2.93. The molecular weight excluding hydrogens is 476 g/mol. The first-order chi connectivity index (χ1) is 18.4. The predicted molar refractivity (Wildman–Crippen MR) is 149 cm³/mol. The van der Waals surface area contributed by atoms with Gasteiger partial charge in [0.15, 0.2) is 0 Å². The summed E-state index contributed by atoms with van der Waals surface area (Å²) in [6.45, 7) is 7.56. The third kappa shape index (κ3) is 6.68. The molecular formula is C32H36N2O4. The van der Waals surface area contributed by atoms with Crippen LogP contribution in [0.3, 0.4) is 0 Å². The molecule has 1 aliphatic rings. The van der Waals surface area contributed by atoms with E-state index in [1.54, 1.807) is 16.7 Å². The monoisotopic (exact) mass is 512 g/mol. The van der Waals surface area contributed by atoms with E-state index in [0.717, 1.165) is 40.8 Å². The molecule has 0 N–H and O–H groups in total. The van der Waals surface area contributed by atoms with E-state index in [-0.39, 0.29) is 30.1 Å². The van der Waals surface area contributed by atoms with Crippen molar-refractivity contribution in [1.29, 1.82) is 0 Å². The van der Waals surface area contributed by atoms with Gasteiger partial charge in [0.2, 0.25) is 5.91 Å². The van der Waals surface area contributed by atoms with Crippen molar-refractivity contribution in [1.82, 2.24) is 4.90 Å². The molecule has 4 rings (SSSR count). The van der Waals surface area contributed by atoms with Crippen LogP contribution in [0, 0.1) is 19.8 Å². The topological polar surface area (TPSA) is 66.9 Å². The summed E-state index contributed by atoms with van der Waals surface area (Å²) < 4.78 is 5.18. The van der Waals surface area contributed by atoms with E-state index in [4.69, 9.17) is 4.74 Å². The van der Waals surface area contributed by atoms with Gasteiger partial charge in [0.1, 0.15) is 0 Å². The lowest BCUT2D eigenvalue weighted by molar-refractivity contribution is -0.151. The molecule has 0 unspecified atom stereocenters. The average molecular weight is 513 g/mol. The highest BCUT2D eigenvalue weighted by Crippen LogP contribution is 2.25. The fourth-order valence-electron chi connectivity index (χ4n) is 4.89. The zero-order chi connectivity index (χ0) is 27.1. The van der Waals surface area contributed by atoms with Crippen LogP contribution < -0.4 is 4.90 Å². The maximum atomic E-state index is 13.8. The summed E-state index contributed by atoms with van der Waals surface area (Å²) in [7, 11) is 0. The molecule has 6 nitrogen and oxygen atoms in total. The number of benzene rings is 3. The van der Waals surface area contributed by atoms with Gasteiger partial charge in [0, 0.05) is 24.3 Å². The summed E-state index contributed by atoms with van der Waals surface area (Å²) in [5, 5.41) is 0. The lowest BCUT2D eigenvalue weighted by Crippen LogP contribution is -2.43. The van der Waals surface area contributed by atoms with Crippen molar-refractivity contribution in [3.63, 3.8) is 0 Å². The van der Waals surface area contributed by atoms with E-state index in [1.807, 2.05) is 86.6 Å². The van der Waals surface area contributed by atoms with Crippen LogP contribution in [-0.4, -0.2) is 42.4 Å². The third-order valence-corrected chi connectivity index (χ3v) is 7.05. The fraction of sp³-hybridized carbons (Fsp3) is 0.344. The summed E-state index contributed by atoms with van der Waals surface area (Å²) in [4.78, 5) is 42.7. The van der Waals surface area contributed by atoms with E-state index in [1.165, 1.54) is 0 Å². The molecule has 0 aromatic heterocycles. The Morgan fingerprint density at radius 3 is 2.45 bits per heavy atom. The number of aryl methyl sites for hydroxylation is 2. The van der Waals surface area contributed by atoms with Crippen LogP contribution in [0.15, 0.2) is 72.8 Å². The Hall–Kier alpha value is -3.93. The van der Waals surface area contributed by atoms with Gasteiger partial charge in [0.25, 0.3) is 5.91 Å². The summed E-state index contributed by atoms with van der Waals surface area (Å²) in [5.41, 5.74) is 5.33. The Labute approximate surface area is 225 Å². The van der Waals surface area contributed by atoms with Crippen LogP contribution in [-0.2, 0) is 27.3 Å². The van der Waals surface area contributed by atoms with Crippen molar-refractivity contribution in [3.05, 3.63) is 101 Å². The summed E-state index contributed by atoms with van der Waals surface area (Å²) >= 11 is 0. The first kappa shape index (κ1) is 27.1. The zero-order valence-electron chi connectivity index (χ0n) is 22.5. The number of amides is 2. The molecule has 1 aliphatic heterocycles. The first-order valence-electron chi connectivity index (χ1n) is 13.3. The molecule has 0 aliphatic carbocycles. The summed E-state index contributed by atoms with van der Waals surface area (Å²) in [6, 6.07) is 23.4. The SMILES string of the molecule is CCOC(=O)[C@@H]1CCCN(C(=O)Cc2cccc(N(Cc3ccc(C)cc3)C(=O)c3ccccc3C)c2)C1. The maximum Gasteiger partial charge on any atom is 0.310 e. The lowest BCUT2D eigenvalue weighted by atomic mass is 9.97. The standard InChI is InChI=1S/C32H36N2O4/c1-4-38-32(37)27-11-8-18-33(22-27)30(35)20-26-10-7-12-28(19-26)34(21-25-16-14-23(2)15-17-25)31(36)29-13-6-5-9-24(29)3/h5-7,9-10,12-17,19,27H,4,8,11,18,20-22H2,1-3H3/t27-/m1/s1. The molecule has 3 aromatic carbocycles. The van der Waals surface area contributed by atoms with E-state index in [0.29, 0.717) is 31.8 Å². The number of likely N-dealkylation sites (tertiary alicyclic amines) is 1. The largest absolute Gasteiger partial charge is 0.466 e. The van der Waals surface area contributed by atoms with Crippen LogP contribution >= 0.6 is 0 Å². The number of esters is 1. The van der Waals surface area contributed by atoms with Crippen molar-refractivity contribution in [2.24, 2.45) is 5.92 Å². The number of rotatable bonds is 8. The van der Waals surface area contributed by atoms with Gasteiger partial charge in [-0.3, -0.25) is 14.4 Å². The Bertz CT molecular complexity index is 1280. The summed E-state index contributed by atoms with van der Waals surface area (Å²) in [5.74, 6) is -0.601. The van der Waals surface area contributed by atoms with Crippen LogP contribution in [0.5, 0.6) is 0 Å². The number of nitrogens with zero attached hydrogens (tertiary/aromatic N) is 2. The molecule has 2 amide bonds. The first-order valence-corrected chi connectivity index (χ1v) is 13.3. The highest BCUT2D eigenvalue weighted by Gasteiger charge is 2.29. The van der Waals surface area contributed by atoms with Gasteiger partial charge in [0.05, 0.1) is 25.5 Å². The van der Waals surface area contributed by atoms with Gasteiger partial charge >= 0.3 is 5.97 Å². The Morgan fingerprint density at radius 2 is 1.71 bits per heavy atom. The highest BCUT2D eigenvalue weighted by molar-refractivity contribution is 6.07. The predicted octanol–water partition coefficient (Wildman–Crippen LogP) is 5.49. The van der Waals surface area contributed by atoms with Crippen LogP contribution in [0.4, 0.5) is 5.69 Å². The van der Waals surface area contributed by atoms with E-state index < -0.39 is 0 Å². The lowest BCUT2D eigenvalue weighted by Gasteiger charge is -2.31. The maximum absolute atomic E-state index is 13.8. The molecule has 1 fully saturated rings. The quantitative estimate of drug-likeness (QED) is 0.374. The second-order valence-electron chi connectivity index (χ2n) is 9.97. The van der Waals surface area contributed by atoms with Gasteiger partial charge < -0.3 is 14.5 Å². The van der Waals surface area contributed by atoms with Gasteiger partial charge in [-0.25, -0.2) is 0 Å². The van der Waals surface area contributed by atoms with Crippen molar-refractivity contribution in [2.75, 3.05) is 24.6 Å². The second kappa shape index (κ2) is 12.5. The summed E-state index contributed by atoms with van der Waals surface area (Å²) in [6.07, 6.45) is 1.73. The van der Waals surface area contributed by atoms with Crippen LogP contribution in [0.2, 0.25) is 0 Å². The van der Waals surface area contributed by atoms with Crippen molar-refractivity contribution < 1.29 is 19.1 Å². The molecule has 0 spiro atoms. The molecule has 0 bridgehead atoms. The smallest absolute Gasteiger partial charge is 0.310 e. The minimum absolute atomic E-state index is 0.0218. The third-order valence-electron chi connectivity index (χ3n) is 7.05. The van der Waals surface area contributed by atoms with E-state index in [9.17, 15) is 14.4 Å². The number of carbonyl (C=O) groups excluding carboxylic acids is 3. The van der Waals surface area contributed by atoms with Gasteiger partial charge in [-0.15, -0.1) is 0 Å². The molecule has 0 radical (unpaired) electrons. The van der Waals surface area contributed by atoms with Crippen LogP contribution in [0.1, 0.15) is 52.4 Å². The molecule has 1 atom stereocenters. The van der Waals surface area contributed by atoms with Gasteiger partial charge in [-0.2, -0.15) is 0 Å².